The second-order valence-electron chi connectivity index (χ2n) is 29.8. The van der Waals surface area contributed by atoms with E-state index in [1.807, 2.05) is 0 Å². The third-order valence-electron chi connectivity index (χ3n) is 20.3. The average Bonchev–Trinajstić information content (AvgIpc) is 0.782. The molecule has 0 aliphatic carbocycles. The van der Waals surface area contributed by atoms with Crippen LogP contribution in [0.15, 0.2) is 0 Å². The SMILES string of the molecule is CCCCCCCCCCC[C@H](CC(=O)N[C@@H]1[C@@H](OCC[C@@H](CO)C(=O)C[C@@H](CCCCCCCCCCC)OC(=O)CCCCCCCCC)O[C@H](CO)[C@@H](OP(=O)(O)O)[C@@H]1OC(=O)C[C@@H](CCCCCCCCCCC)C(=O)CCCCCCCCC)OC(=O)CCCCCCCCC. The molecule has 594 valence electrons. The Labute approximate surface area is 615 Å². The van der Waals surface area contributed by atoms with E-state index in [9.17, 15) is 53.3 Å². The lowest BCUT2D eigenvalue weighted by molar-refractivity contribution is -0.271. The Morgan fingerprint density at radius 3 is 1.13 bits per heavy atom. The van der Waals surface area contributed by atoms with Crippen LogP contribution in [-0.2, 0) is 61.5 Å². The first kappa shape index (κ1) is 96.2. The molecule has 19 heteroatoms. The van der Waals surface area contributed by atoms with E-state index in [0.717, 1.165) is 173 Å². The topological polar surface area (TPSA) is 268 Å². The second-order valence-corrected chi connectivity index (χ2v) is 31.0. The van der Waals surface area contributed by atoms with Crippen LogP contribution in [0.25, 0.3) is 0 Å². The number of Topliss-reactive ketones (excluding diaryl/α,β-unsaturated/α-hetero) is 2. The minimum Gasteiger partial charge on any atom is -0.462 e. The van der Waals surface area contributed by atoms with E-state index in [-0.39, 0.29) is 69.1 Å². The maximum Gasteiger partial charge on any atom is 0.470 e. The van der Waals surface area contributed by atoms with E-state index < -0.39 is 93.6 Å². The zero-order valence-electron chi connectivity index (χ0n) is 65.4. The number of esters is 3. The van der Waals surface area contributed by atoms with Crippen LogP contribution in [0.5, 0.6) is 0 Å². The van der Waals surface area contributed by atoms with E-state index in [2.05, 4.69) is 46.9 Å². The first-order chi connectivity index (χ1) is 49.0. The molecule has 5 N–H and O–H groups in total. The number of phosphoric ester groups is 1. The van der Waals surface area contributed by atoms with Crippen molar-refractivity contribution in [2.75, 3.05) is 19.8 Å². The molecular formula is C82H154NO17P. The van der Waals surface area contributed by atoms with Crippen LogP contribution in [0.3, 0.4) is 0 Å². The third-order valence-corrected chi connectivity index (χ3v) is 20.8. The molecule has 1 fully saturated rings. The molecule has 1 heterocycles. The number of aliphatic hydroxyl groups is 2. The molecule has 1 saturated heterocycles. The lowest BCUT2D eigenvalue weighted by Crippen LogP contribution is -2.66. The van der Waals surface area contributed by atoms with Crippen molar-refractivity contribution >= 4 is 43.2 Å². The fraction of sp³-hybridized carbons (Fsp3) is 0.927. The molecule has 0 aromatic heterocycles. The minimum atomic E-state index is -5.48. The number of amides is 1. The van der Waals surface area contributed by atoms with Crippen molar-refractivity contribution in [3.05, 3.63) is 0 Å². The molecule has 0 saturated carbocycles. The fourth-order valence-electron chi connectivity index (χ4n) is 13.9. The number of aliphatic hydroxyl groups excluding tert-OH is 2. The molecule has 1 aliphatic heterocycles. The monoisotopic (exact) mass is 1460 g/mol. The molecule has 0 unspecified atom stereocenters. The molecule has 0 aromatic rings. The number of unbranched alkanes of at least 4 members (excludes halogenated alkanes) is 42. The van der Waals surface area contributed by atoms with E-state index in [1.165, 1.54) is 103 Å². The Hall–Kier alpha value is -2.83. The van der Waals surface area contributed by atoms with Gasteiger partial charge in [0.15, 0.2) is 12.4 Å². The van der Waals surface area contributed by atoms with Crippen molar-refractivity contribution < 1.29 is 81.5 Å². The van der Waals surface area contributed by atoms with E-state index in [1.54, 1.807) is 0 Å². The summed E-state index contributed by atoms with van der Waals surface area (Å²) in [5.41, 5.74) is 0. The number of carbonyl (C=O) groups excluding carboxylic acids is 6. The highest BCUT2D eigenvalue weighted by Crippen LogP contribution is 2.43. The summed E-state index contributed by atoms with van der Waals surface area (Å²) in [5, 5.41) is 24.7. The van der Waals surface area contributed by atoms with Crippen molar-refractivity contribution in [3.63, 3.8) is 0 Å². The number of hydrogen-bond donors (Lipinski definition) is 5. The van der Waals surface area contributed by atoms with Crippen molar-refractivity contribution in [2.45, 2.75) is 457 Å². The first-order valence-electron chi connectivity index (χ1n) is 42.2. The number of nitrogens with one attached hydrogen (secondary N) is 1. The standard InChI is InChI=1S/C82H154NO17P/c1-7-13-19-25-31-34-40-43-49-55-68(72(86)58-52-46-37-28-22-16-10-4)63-78(91)99-81-79(83-75(88)65-71(57-51-45-42-36-33-27-21-15-9-3)97-77(90)60-54-48-39-30-24-18-12-6)82(98-74(67-85)80(81)100-101(92,93)94)95-62-61-69(66-84)73(87)64-70(56-50-44-41-35-32-26-20-14-8-2)96-76(89)59-53-47-38-29-23-17-11-5/h68-71,74,79-82,84-85H,7-67H2,1-6H3,(H,83,88)(H2,92,93,94)/t68-,69+,70-,71-,74-,79+,80-,81-,82+/m1/s1. The lowest BCUT2D eigenvalue weighted by Gasteiger charge is -2.45. The molecule has 9 atom stereocenters. The highest BCUT2D eigenvalue weighted by atomic mass is 31.2. The quantitative estimate of drug-likeness (QED) is 0.0164. The Bertz CT molecular complexity index is 2060. The largest absolute Gasteiger partial charge is 0.470 e. The van der Waals surface area contributed by atoms with E-state index in [0.29, 0.717) is 51.4 Å². The molecule has 0 spiro atoms. The number of phosphoric acid groups is 1. The van der Waals surface area contributed by atoms with Crippen molar-refractivity contribution in [3.8, 4) is 0 Å². The van der Waals surface area contributed by atoms with Gasteiger partial charge in [-0.2, -0.15) is 0 Å². The van der Waals surface area contributed by atoms with Crippen molar-refractivity contribution in [1.82, 2.24) is 5.32 Å². The van der Waals surface area contributed by atoms with Crippen LogP contribution in [-0.4, -0.2) is 118 Å². The number of ether oxygens (including phenoxy) is 5. The molecule has 1 amide bonds. The van der Waals surface area contributed by atoms with Gasteiger partial charge in [0, 0.05) is 37.5 Å². The smallest absolute Gasteiger partial charge is 0.462 e. The van der Waals surface area contributed by atoms with E-state index >= 15 is 0 Å². The highest BCUT2D eigenvalue weighted by molar-refractivity contribution is 7.46. The summed E-state index contributed by atoms with van der Waals surface area (Å²) in [6, 6.07) is -1.60. The average molecular weight is 1460 g/mol. The number of hydrogen-bond acceptors (Lipinski definition) is 15. The highest BCUT2D eigenvalue weighted by Gasteiger charge is 2.52. The maximum atomic E-state index is 14.8. The summed E-state index contributed by atoms with van der Waals surface area (Å²) in [6.45, 7) is 11.3. The summed E-state index contributed by atoms with van der Waals surface area (Å²) in [7, 11) is -5.48. The first-order valence-corrected chi connectivity index (χ1v) is 43.7. The third kappa shape index (κ3) is 53.6. The maximum absolute atomic E-state index is 14.8. The number of carbonyl (C=O) groups is 6. The minimum absolute atomic E-state index is 0.0756. The Balaban J connectivity index is 3.79. The van der Waals surface area contributed by atoms with Gasteiger partial charge in [-0.3, -0.25) is 33.3 Å². The van der Waals surface area contributed by atoms with Gasteiger partial charge >= 0.3 is 25.7 Å². The molecule has 1 rings (SSSR count). The van der Waals surface area contributed by atoms with Crippen LogP contribution >= 0.6 is 7.82 Å². The predicted molar refractivity (Wildman–Crippen MR) is 406 cm³/mol. The van der Waals surface area contributed by atoms with Crippen molar-refractivity contribution in [1.29, 1.82) is 0 Å². The summed E-state index contributed by atoms with van der Waals surface area (Å²) in [6.07, 6.45) is 42.8. The molecule has 0 radical (unpaired) electrons. The van der Waals surface area contributed by atoms with E-state index in [4.69, 9.17) is 28.2 Å². The molecule has 101 heavy (non-hydrogen) atoms. The molecular weight excluding hydrogens is 1300 g/mol. The molecule has 18 nitrogen and oxygen atoms in total. The zero-order valence-corrected chi connectivity index (χ0v) is 66.3. The summed E-state index contributed by atoms with van der Waals surface area (Å²) in [4.78, 5) is 106. The van der Waals surface area contributed by atoms with Gasteiger partial charge in [-0.05, 0) is 57.8 Å². The Morgan fingerprint density at radius 1 is 0.396 bits per heavy atom. The summed E-state index contributed by atoms with van der Waals surface area (Å²) < 4.78 is 49.5. The fourth-order valence-corrected chi connectivity index (χ4v) is 14.5. The van der Waals surface area contributed by atoms with Gasteiger partial charge in [-0.25, -0.2) is 4.57 Å². The molecule has 0 aromatic carbocycles. The van der Waals surface area contributed by atoms with Crippen LogP contribution in [0.2, 0.25) is 0 Å². The zero-order chi connectivity index (χ0) is 74.2. The number of ketones is 2. The lowest BCUT2D eigenvalue weighted by atomic mass is 9.90. The van der Waals surface area contributed by atoms with Gasteiger partial charge < -0.3 is 49.0 Å². The summed E-state index contributed by atoms with van der Waals surface area (Å²) >= 11 is 0. The molecule has 0 bridgehead atoms. The van der Waals surface area contributed by atoms with Crippen LogP contribution < -0.4 is 5.32 Å². The Morgan fingerprint density at radius 2 is 0.752 bits per heavy atom. The predicted octanol–water partition coefficient (Wildman–Crippen LogP) is 20.5. The van der Waals surface area contributed by atoms with Gasteiger partial charge in [-0.1, -0.05) is 318 Å². The van der Waals surface area contributed by atoms with Gasteiger partial charge in [-0.15, -0.1) is 0 Å². The van der Waals surface area contributed by atoms with Gasteiger partial charge in [0.1, 0.15) is 42.0 Å². The van der Waals surface area contributed by atoms with Gasteiger partial charge in [0.05, 0.1) is 32.7 Å². The number of rotatable bonds is 74. The van der Waals surface area contributed by atoms with Gasteiger partial charge in [0.2, 0.25) is 5.91 Å². The van der Waals surface area contributed by atoms with Crippen molar-refractivity contribution in [2.24, 2.45) is 11.8 Å². The second kappa shape index (κ2) is 66.6. The van der Waals surface area contributed by atoms with Gasteiger partial charge in [0.25, 0.3) is 0 Å². The Kier molecular flexibility index (Phi) is 63.4. The van der Waals surface area contributed by atoms with Crippen LogP contribution in [0.4, 0.5) is 0 Å². The molecule has 1 aliphatic rings. The van der Waals surface area contributed by atoms with Crippen LogP contribution in [0, 0.1) is 11.8 Å². The van der Waals surface area contributed by atoms with Crippen LogP contribution in [0.1, 0.15) is 414 Å². The normalized spacial score (nSPS) is 17.5. The summed E-state index contributed by atoms with van der Waals surface area (Å²) in [5.74, 6) is -4.51.